The van der Waals surface area contributed by atoms with E-state index in [9.17, 15) is 4.79 Å². The minimum Gasteiger partial charge on any atom is -0.478 e. The predicted molar refractivity (Wildman–Crippen MR) is 74.9 cm³/mol. The molecule has 0 atom stereocenters. The third-order valence-electron chi connectivity index (χ3n) is 2.48. The van der Waals surface area contributed by atoms with Crippen molar-refractivity contribution in [3.8, 4) is 0 Å². The SMILES string of the molecule is O=C(O)c1ccc(Cl)cc1NCCc1cccs1. The molecule has 1 aromatic heterocycles. The molecule has 0 fully saturated rings. The van der Waals surface area contributed by atoms with Gasteiger partial charge in [-0.15, -0.1) is 11.3 Å². The van der Waals surface area contributed by atoms with Crippen molar-refractivity contribution in [1.29, 1.82) is 0 Å². The van der Waals surface area contributed by atoms with Crippen LogP contribution in [0.4, 0.5) is 5.69 Å². The fraction of sp³-hybridized carbons (Fsp3) is 0.154. The van der Waals surface area contributed by atoms with E-state index in [1.54, 1.807) is 23.5 Å². The van der Waals surface area contributed by atoms with Crippen LogP contribution < -0.4 is 5.32 Å². The first-order valence-electron chi connectivity index (χ1n) is 5.46. The highest BCUT2D eigenvalue weighted by Gasteiger charge is 2.09. The molecule has 0 unspecified atom stereocenters. The van der Waals surface area contributed by atoms with Crippen LogP contribution in [0.25, 0.3) is 0 Å². The van der Waals surface area contributed by atoms with Gasteiger partial charge in [-0.3, -0.25) is 0 Å². The summed E-state index contributed by atoms with van der Waals surface area (Å²) in [5, 5.41) is 14.7. The van der Waals surface area contributed by atoms with Gasteiger partial charge in [0.25, 0.3) is 0 Å². The zero-order valence-corrected chi connectivity index (χ0v) is 11.1. The van der Waals surface area contributed by atoms with Crippen LogP contribution in [-0.2, 0) is 6.42 Å². The summed E-state index contributed by atoms with van der Waals surface area (Å²) in [5.74, 6) is -0.953. The molecule has 0 saturated heterocycles. The third kappa shape index (κ3) is 3.24. The van der Waals surface area contributed by atoms with E-state index in [4.69, 9.17) is 16.7 Å². The zero-order valence-electron chi connectivity index (χ0n) is 9.52. The Morgan fingerprint density at radius 3 is 2.89 bits per heavy atom. The number of nitrogens with one attached hydrogen (secondary N) is 1. The van der Waals surface area contributed by atoms with Gasteiger partial charge >= 0.3 is 5.97 Å². The monoisotopic (exact) mass is 281 g/mol. The number of carboxylic acid groups (broad SMARTS) is 1. The molecule has 18 heavy (non-hydrogen) atoms. The molecule has 2 aromatic rings. The molecule has 0 aliphatic rings. The number of rotatable bonds is 5. The number of hydrogen-bond acceptors (Lipinski definition) is 3. The summed E-state index contributed by atoms with van der Waals surface area (Å²) in [6.45, 7) is 0.682. The van der Waals surface area contributed by atoms with Gasteiger partial charge < -0.3 is 10.4 Å². The van der Waals surface area contributed by atoms with Crippen LogP contribution in [0.2, 0.25) is 5.02 Å². The first kappa shape index (κ1) is 12.9. The van der Waals surface area contributed by atoms with Gasteiger partial charge in [-0.1, -0.05) is 17.7 Å². The van der Waals surface area contributed by atoms with Gasteiger partial charge in [-0.25, -0.2) is 4.79 Å². The second-order valence-electron chi connectivity index (χ2n) is 3.75. The van der Waals surface area contributed by atoms with Crippen molar-refractivity contribution in [2.45, 2.75) is 6.42 Å². The Kier molecular flexibility index (Phi) is 4.23. The van der Waals surface area contributed by atoms with Crippen molar-refractivity contribution >= 4 is 34.6 Å². The minimum absolute atomic E-state index is 0.241. The molecule has 0 aliphatic heterocycles. The molecule has 1 aromatic carbocycles. The van der Waals surface area contributed by atoms with Gasteiger partial charge in [0.05, 0.1) is 11.3 Å². The van der Waals surface area contributed by atoms with E-state index in [-0.39, 0.29) is 5.56 Å². The second-order valence-corrected chi connectivity index (χ2v) is 5.22. The molecule has 3 nitrogen and oxygen atoms in total. The molecule has 0 bridgehead atoms. The van der Waals surface area contributed by atoms with Gasteiger partial charge in [0.1, 0.15) is 0 Å². The molecular formula is C13H12ClNO2S. The van der Waals surface area contributed by atoms with E-state index in [0.29, 0.717) is 17.3 Å². The molecule has 0 spiro atoms. The topological polar surface area (TPSA) is 49.3 Å². The van der Waals surface area contributed by atoms with Gasteiger partial charge in [0, 0.05) is 16.4 Å². The molecule has 2 N–H and O–H groups in total. The lowest BCUT2D eigenvalue weighted by molar-refractivity contribution is 0.0698. The average Bonchev–Trinajstić information content (AvgIpc) is 2.82. The van der Waals surface area contributed by atoms with Crippen LogP contribution in [0.1, 0.15) is 15.2 Å². The van der Waals surface area contributed by atoms with E-state index in [1.165, 1.54) is 10.9 Å². The minimum atomic E-state index is -0.953. The lowest BCUT2D eigenvalue weighted by atomic mass is 10.1. The highest BCUT2D eigenvalue weighted by atomic mass is 35.5. The molecule has 2 rings (SSSR count). The van der Waals surface area contributed by atoms with Gasteiger partial charge in [-0.2, -0.15) is 0 Å². The Bertz CT molecular complexity index is 540. The number of carboxylic acids is 1. The molecular weight excluding hydrogens is 270 g/mol. The van der Waals surface area contributed by atoms with E-state index < -0.39 is 5.97 Å². The molecule has 0 aliphatic carbocycles. The Hall–Kier alpha value is -1.52. The summed E-state index contributed by atoms with van der Waals surface area (Å²) in [6, 6.07) is 8.79. The van der Waals surface area contributed by atoms with Crippen LogP contribution >= 0.6 is 22.9 Å². The number of thiophene rings is 1. The van der Waals surface area contributed by atoms with Crippen LogP contribution in [0.3, 0.4) is 0 Å². The van der Waals surface area contributed by atoms with Crippen LogP contribution in [0, 0.1) is 0 Å². The zero-order chi connectivity index (χ0) is 13.0. The fourth-order valence-corrected chi connectivity index (χ4v) is 2.51. The summed E-state index contributed by atoms with van der Waals surface area (Å²) < 4.78 is 0. The number of hydrogen-bond donors (Lipinski definition) is 2. The van der Waals surface area contributed by atoms with Gasteiger partial charge in [0.15, 0.2) is 0 Å². The maximum Gasteiger partial charge on any atom is 0.337 e. The summed E-state index contributed by atoms with van der Waals surface area (Å²) >= 11 is 7.56. The average molecular weight is 282 g/mol. The smallest absolute Gasteiger partial charge is 0.337 e. The van der Waals surface area contributed by atoms with Crippen molar-refractivity contribution in [3.63, 3.8) is 0 Å². The van der Waals surface area contributed by atoms with Crippen molar-refractivity contribution in [2.75, 3.05) is 11.9 Å². The Morgan fingerprint density at radius 2 is 2.22 bits per heavy atom. The first-order chi connectivity index (χ1) is 8.66. The summed E-state index contributed by atoms with van der Waals surface area (Å²) in [4.78, 5) is 12.3. The summed E-state index contributed by atoms with van der Waals surface area (Å²) in [6.07, 6.45) is 0.864. The van der Waals surface area contributed by atoms with Crippen LogP contribution in [-0.4, -0.2) is 17.6 Å². The third-order valence-corrected chi connectivity index (χ3v) is 3.65. The highest BCUT2D eigenvalue weighted by molar-refractivity contribution is 7.09. The first-order valence-corrected chi connectivity index (χ1v) is 6.71. The van der Waals surface area contributed by atoms with E-state index in [1.807, 2.05) is 11.4 Å². The number of aromatic carboxylic acids is 1. The molecule has 1 heterocycles. The molecule has 94 valence electrons. The predicted octanol–water partition coefficient (Wildman–Crippen LogP) is 3.75. The Balaban J connectivity index is 2.03. The summed E-state index contributed by atoms with van der Waals surface area (Å²) in [7, 11) is 0. The van der Waals surface area contributed by atoms with Crippen LogP contribution in [0.15, 0.2) is 35.7 Å². The maximum atomic E-state index is 11.0. The molecule has 0 amide bonds. The normalized spacial score (nSPS) is 10.3. The number of benzene rings is 1. The van der Waals surface area contributed by atoms with Crippen LogP contribution in [0.5, 0.6) is 0 Å². The lowest BCUT2D eigenvalue weighted by Crippen LogP contribution is -2.09. The van der Waals surface area contributed by atoms with Crippen molar-refractivity contribution in [3.05, 3.63) is 51.2 Å². The van der Waals surface area contributed by atoms with Gasteiger partial charge in [-0.05, 0) is 36.1 Å². The maximum absolute atomic E-state index is 11.0. The number of anilines is 1. The molecule has 0 radical (unpaired) electrons. The largest absolute Gasteiger partial charge is 0.478 e. The van der Waals surface area contributed by atoms with Crippen molar-refractivity contribution in [1.82, 2.24) is 0 Å². The summed E-state index contributed by atoms with van der Waals surface area (Å²) in [5.41, 5.74) is 0.803. The quantitative estimate of drug-likeness (QED) is 0.877. The second kappa shape index (κ2) is 5.89. The van der Waals surface area contributed by atoms with Crippen molar-refractivity contribution < 1.29 is 9.90 Å². The number of halogens is 1. The molecule has 0 saturated carbocycles. The van der Waals surface area contributed by atoms with E-state index >= 15 is 0 Å². The Morgan fingerprint density at radius 1 is 1.39 bits per heavy atom. The Labute approximate surface area is 114 Å². The van der Waals surface area contributed by atoms with E-state index in [2.05, 4.69) is 11.4 Å². The molecule has 5 heteroatoms. The lowest BCUT2D eigenvalue weighted by Gasteiger charge is -2.09. The van der Waals surface area contributed by atoms with Crippen molar-refractivity contribution in [2.24, 2.45) is 0 Å². The fourth-order valence-electron chi connectivity index (χ4n) is 1.62. The number of carbonyl (C=O) groups is 1. The van der Waals surface area contributed by atoms with E-state index in [0.717, 1.165) is 6.42 Å². The standard InChI is InChI=1S/C13H12ClNO2S/c14-9-3-4-11(13(16)17)12(8-9)15-6-5-10-2-1-7-18-10/h1-4,7-8,15H,5-6H2,(H,16,17). The van der Waals surface area contributed by atoms with Gasteiger partial charge in [0.2, 0.25) is 0 Å². The highest BCUT2D eigenvalue weighted by Crippen LogP contribution is 2.21.